The van der Waals surface area contributed by atoms with Crippen molar-refractivity contribution in [1.82, 2.24) is 24.9 Å². The number of nitrogens with zero attached hydrogens (tertiary/aromatic N) is 3. The lowest BCUT2D eigenvalue weighted by molar-refractivity contribution is 0.0696. The van der Waals surface area contributed by atoms with Crippen molar-refractivity contribution in [2.75, 3.05) is 0 Å². The standard InChI is InChI=1S/2C32H27Cl3N2O5S.C29H22Cl3NO4/c2*33-26-2-1-3-27(34)29(26)30-25(31(42-36-30)18-6-7-18)16-41-20-10-13-22(28(35)14-20)24-15-23(24)17-4-8-19(9-5-17)32(38)37-43(39,40)21-11-12-21;30-23-2-1-3-24(31)26(23)27-22(28(37-33-27)16-6-7-16)14-36-18-10-11-19(25(32)12-18)21-13-20(21)15-4-8-17(9-5-15)29(34)35/h2*1-5,8-10,13-14,18,21,23-24H,6-7,11-12,15-16H2,(H,37,38);1-5,8-12,16,20-21H,6-7,13-14H2,(H,34,35)/t2*23-,24-;20-,21-/m000/s1. The third-order valence-corrected chi connectivity index (χ3v) is 30.2. The summed E-state index contributed by atoms with van der Waals surface area (Å²) in [5, 5.41) is 26.1. The number of carboxylic acids is 1. The molecule has 3 aromatic heterocycles. The molecule has 30 heteroatoms. The predicted octanol–water partition coefficient (Wildman–Crippen LogP) is 25.2. The molecule has 8 aliphatic rings. The third-order valence-electron chi connectivity index (χ3n) is 23.7. The van der Waals surface area contributed by atoms with Crippen molar-refractivity contribution in [2.24, 2.45) is 0 Å². The predicted molar refractivity (Wildman–Crippen MR) is 475 cm³/mol. The highest BCUT2D eigenvalue weighted by Crippen LogP contribution is 2.60. The molecule has 19 nitrogen and oxygen atoms in total. The van der Waals surface area contributed by atoms with E-state index in [0.717, 1.165) is 125 Å². The normalized spacial score (nSPS) is 19.4. The van der Waals surface area contributed by atoms with Gasteiger partial charge < -0.3 is 32.9 Å². The monoisotopic (exact) mass is 1870 g/mol. The van der Waals surface area contributed by atoms with E-state index in [1.165, 1.54) is 0 Å². The summed E-state index contributed by atoms with van der Waals surface area (Å²) < 4.78 is 88.5. The number of carboxylic acid groups (broad SMARTS) is 1. The van der Waals surface area contributed by atoms with Gasteiger partial charge in [0, 0.05) is 60.6 Å². The van der Waals surface area contributed by atoms with Crippen LogP contribution in [0.15, 0.2) is 196 Å². The van der Waals surface area contributed by atoms with Gasteiger partial charge in [0.15, 0.2) is 0 Å². The number of aromatic nitrogens is 3. The smallest absolute Gasteiger partial charge is 0.335 e. The molecule has 8 saturated carbocycles. The number of benzene rings is 9. The van der Waals surface area contributed by atoms with E-state index >= 15 is 0 Å². The maximum absolute atomic E-state index is 12.4. The minimum absolute atomic E-state index is 0.232. The lowest BCUT2D eigenvalue weighted by atomic mass is 10.0. The second-order valence-electron chi connectivity index (χ2n) is 32.5. The van der Waals surface area contributed by atoms with Crippen molar-refractivity contribution < 1.29 is 64.1 Å². The Hall–Kier alpha value is -9.07. The van der Waals surface area contributed by atoms with Crippen molar-refractivity contribution in [3.63, 3.8) is 0 Å². The van der Waals surface area contributed by atoms with Crippen LogP contribution < -0.4 is 23.7 Å². The van der Waals surface area contributed by atoms with E-state index in [2.05, 4.69) is 24.9 Å². The topological polar surface area (TPSA) is 270 Å². The third kappa shape index (κ3) is 18.9. The van der Waals surface area contributed by atoms with Gasteiger partial charge in [-0.2, -0.15) is 0 Å². The van der Waals surface area contributed by atoms with Gasteiger partial charge in [0.05, 0.1) is 62.9 Å². The molecule has 9 aromatic carbocycles. The molecule has 2 amide bonds. The summed E-state index contributed by atoms with van der Waals surface area (Å²) in [6.07, 6.45) is 11.5. The van der Waals surface area contributed by atoms with Crippen molar-refractivity contribution in [3.05, 3.63) is 311 Å². The quantitative estimate of drug-likeness (QED) is 0.0411. The summed E-state index contributed by atoms with van der Waals surface area (Å²) in [6, 6.07) is 54.6. The average Bonchev–Trinajstić information content (AvgIpc) is 1.65. The molecule has 0 unspecified atom stereocenters. The Bertz CT molecular complexity index is 6040. The Balaban J connectivity index is 0.000000126. The lowest BCUT2D eigenvalue weighted by Gasteiger charge is -2.11. The van der Waals surface area contributed by atoms with Gasteiger partial charge >= 0.3 is 5.97 Å². The number of hydrogen-bond donors (Lipinski definition) is 3. The van der Waals surface area contributed by atoms with Gasteiger partial charge in [-0.05, 0) is 262 Å². The number of carbonyl (C=O) groups is 3. The van der Waals surface area contributed by atoms with Crippen molar-refractivity contribution in [3.8, 4) is 51.0 Å². The molecule has 20 rings (SSSR count). The molecule has 0 spiro atoms. The highest BCUT2D eigenvalue weighted by molar-refractivity contribution is 7.91. The number of hydrogen-bond acceptors (Lipinski definition) is 16. The van der Waals surface area contributed by atoms with Crippen LogP contribution in [0.4, 0.5) is 0 Å². The Labute approximate surface area is 754 Å². The number of rotatable bonds is 28. The Morgan fingerprint density at radius 2 is 0.618 bits per heavy atom. The summed E-state index contributed by atoms with van der Waals surface area (Å²) in [4.78, 5) is 35.9. The van der Waals surface area contributed by atoms with E-state index in [1.54, 1.807) is 91.0 Å². The Morgan fingerprint density at radius 1 is 0.350 bits per heavy atom. The van der Waals surface area contributed by atoms with Crippen LogP contribution in [-0.4, -0.2) is 65.7 Å². The van der Waals surface area contributed by atoms with Crippen LogP contribution in [0.5, 0.6) is 17.2 Å². The van der Waals surface area contributed by atoms with Crippen LogP contribution in [-0.2, 0) is 39.9 Å². The van der Waals surface area contributed by atoms with Gasteiger partial charge in [0.2, 0.25) is 20.0 Å². The fraction of sp³-hybridized carbons (Fsp3) is 0.290. The second kappa shape index (κ2) is 35.0. The first-order valence-corrected chi connectivity index (χ1v) is 47.0. The SMILES string of the molecule is O=C(NS(=O)(=O)C1CC1)c1ccc([C@@H]2C[C@H]2c2ccc(OCc3c(-c4c(Cl)cccc4Cl)noc3C3CC3)cc2Cl)cc1.O=C(NS(=O)(=O)C1CC1)c1ccc([C@@H]2C[C@H]2c2ccc(OCc3c(-c4c(Cl)cccc4Cl)noc3C3CC3)cc2Cl)cc1.O=C(O)c1ccc([C@@H]2C[C@H]2c2ccc(OCc3c(-c4c(Cl)cccc4Cl)noc3C3CC3)cc2Cl)cc1. The van der Waals surface area contributed by atoms with Gasteiger partial charge in [0.25, 0.3) is 11.8 Å². The van der Waals surface area contributed by atoms with Crippen LogP contribution in [0.1, 0.15) is 235 Å². The summed E-state index contributed by atoms with van der Waals surface area (Å²) >= 11 is 59.0. The molecule has 123 heavy (non-hydrogen) atoms. The first kappa shape index (κ1) is 84.8. The van der Waals surface area contributed by atoms with Crippen molar-refractivity contribution >= 4 is 142 Å². The van der Waals surface area contributed by atoms with Crippen LogP contribution in [0, 0.1) is 0 Å². The van der Waals surface area contributed by atoms with Crippen molar-refractivity contribution in [2.45, 2.75) is 167 Å². The zero-order valence-corrected chi connectivity index (χ0v) is 73.7. The minimum atomic E-state index is -3.58. The molecular weight excluding hydrogens is 1790 g/mol. The Kier molecular flexibility index (Phi) is 24.1. The van der Waals surface area contributed by atoms with E-state index in [9.17, 15) is 31.2 Å². The summed E-state index contributed by atoms with van der Waals surface area (Å²) in [5.41, 5.74) is 13.6. The van der Waals surface area contributed by atoms with Gasteiger partial charge in [-0.15, -0.1) is 0 Å². The zero-order valence-electron chi connectivity index (χ0n) is 65.3. The minimum Gasteiger partial charge on any atom is -0.489 e. The summed E-state index contributed by atoms with van der Waals surface area (Å²) in [5.74, 6) is 4.83. The van der Waals surface area contributed by atoms with E-state index in [4.69, 9.17) is 137 Å². The van der Waals surface area contributed by atoms with Gasteiger partial charge in [-0.1, -0.05) is 193 Å². The number of ether oxygens (including phenoxy) is 3. The fourth-order valence-corrected chi connectivity index (χ4v) is 21.2. The molecule has 632 valence electrons. The van der Waals surface area contributed by atoms with E-state index < -0.39 is 48.3 Å². The molecule has 3 heterocycles. The number of amides is 2. The number of aromatic carboxylic acids is 1. The molecular formula is C93H76Cl9N5O14S2. The Morgan fingerprint density at radius 3 is 0.862 bits per heavy atom. The average molecular weight is 1870 g/mol. The largest absolute Gasteiger partial charge is 0.489 e. The molecule has 0 bridgehead atoms. The van der Waals surface area contributed by atoms with Crippen LogP contribution in [0.25, 0.3) is 33.8 Å². The zero-order chi connectivity index (χ0) is 85.4. The fourth-order valence-electron chi connectivity index (χ4n) is 16.0. The van der Waals surface area contributed by atoms with Crippen LogP contribution >= 0.6 is 104 Å². The molecule has 0 aliphatic heterocycles. The lowest BCUT2D eigenvalue weighted by Crippen LogP contribution is -2.33. The molecule has 0 radical (unpaired) electrons. The molecule has 12 aromatic rings. The number of carbonyl (C=O) groups excluding carboxylic acids is 2. The number of nitrogens with one attached hydrogen (secondary N) is 2. The number of halogens is 9. The van der Waals surface area contributed by atoms with E-state index in [-0.39, 0.29) is 49.1 Å². The number of sulfonamides is 2. The first-order valence-electron chi connectivity index (χ1n) is 40.5. The maximum atomic E-state index is 12.4. The van der Waals surface area contributed by atoms with Gasteiger partial charge in [-0.3, -0.25) is 9.59 Å². The highest BCUT2D eigenvalue weighted by Gasteiger charge is 2.45. The van der Waals surface area contributed by atoms with Crippen LogP contribution in [0.3, 0.4) is 0 Å². The molecule has 8 aliphatic carbocycles. The molecule has 3 N–H and O–H groups in total. The van der Waals surface area contributed by atoms with E-state index in [0.29, 0.717) is 163 Å². The summed E-state index contributed by atoms with van der Waals surface area (Å²) in [6.45, 7) is 0.718. The van der Waals surface area contributed by atoms with Gasteiger partial charge in [-0.25, -0.2) is 31.1 Å². The molecule has 0 saturated heterocycles. The molecule has 8 fully saturated rings. The van der Waals surface area contributed by atoms with E-state index in [1.807, 2.05) is 91.0 Å². The molecule has 6 atom stereocenters. The highest BCUT2D eigenvalue weighted by atomic mass is 35.5. The van der Waals surface area contributed by atoms with Crippen LogP contribution in [0.2, 0.25) is 45.2 Å². The van der Waals surface area contributed by atoms with Gasteiger partial charge in [0.1, 0.15) is 71.4 Å². The maximum Gasteiger partial charge on any atom is 0.335 e. The first-order chi connectivity index (χ1) is 59.3. The second-order valence-corrected chi connectivity index (χ2v) is 40.1. The van der Waals surface area contributed by atoms with Crippen molar-refractivity contribution in [1.29, 1.82) is 0 Å². The summed E-state index contributed by atoms with van der Waals surface area (Å²) in [7, 11) is -7.17.